The van der Waals surface area contributed by atoms with Crippen LogP contribution in [0.5, 0.6) is 11.6 Å². The number of aromatic nitrogens is 2. The van der Waals surface area contributed by atoms with E-state index in [9.17, 15) is 0 Å². The standard InChI is InChI=1S/C17H21N3O/c1-5-8-13-9-6-7-10-14(13)21-16-11-15(18-4)19-17(20-16)12(2)3/h5-12H,1-4H3,(H,18,19,20)/b8-5+. The molecule has 0 aliphatic rings. The minimum absolute atomic E-state index is 0.242. The summed E-state index contributed by atoms with van der Waals surface area (Å²) in [4.78, 5) is 8.92. The van der Waals surface area contributed by atoms with Crippen molar-refractivity contribution in [2.24, 2.45) is 0 Å². The Morgan fingerprint density at radius 3 is 2.62 bits per heavy atom. The first-order chi connectivity index (χ1) is 10.1. The number of allylic oxidation sites excluding steroid dienone is 1. The molecule has 0 unspecified atom stereocenters. The van der Waals surface area contributed by atoms with Crippen molar-refractivity contribution in [1.29, 1.82) is 0 Å². The smallest absolute Gasteiger partial charge is 0.224 e. The second-order valence-corrected chi connectivity index (χ2v) is 4.99. The molecule has 0 fully saturated rings. The molecule has 1 heterocycles. The maximum absolute atomic E-state index is 5.95. The molecular formula is C17H21N3O. The van der Waals surface area contributed by atoms with E-state index in [0.29, 0.717) is 5.88 Å². The van der Waals surface area contributed by atoms with E-state index in [1.807, 2.05) is 50.4 Å². The molecule has 4 heteroatoms. The number of hydrogen-bond donors (Lipinski definition) is 1. The molecule has 1 N–H and O–H groups in total. The van der Waals surface area contributed by atoms with Crippen LogP contribution in [0.2, 0.25) is 0 Å². The van der Waals surface area contributed by atoms with Gasteiger partial charge in [-0.1, -0.05) is 44.2 Å². The molecule has 0 aliphatic carbocycles. The molecular weight excluding hydrogens is 262 g/mol. The van der Waals surface area contributed by atoms with Gasteiger partial charge in [0.25, 0.3) is 0 Å². The Kier molecular flexibility index (Phi) is 4.93. The number of hydrogen-bond acceptors (Lipinski definition) is 4. The van der Waals surface area contributed by atoms with Crippen molar-refractivity contribution in [3.8, 4) is 11.6 Å². The Bertz CT molecular complexity index is 636. The lowest BCUT2D eigenvalue weighted by atomic mass is 10.2. The maximum atomic E-state index is 5.95. The summed E-state index contributed by atoms with van der Waals surface area (Å²) in [6.45, 7) is 6.11. The second-order valence-electron chi connectivity index (χ2n) is 4.99. The molecule has 2 rings (SSSR count). The summed E-state index contributed by atoms with van der Waals surface area (Å²) in [5.41, 5.74) is 1.02. The Labute approximate surface area is 125 Å². The van der Waals surface area contributed by atoms with Gasteiger partial charge >= 0.3 is 0 Å². The zero-order valence-corrected chi connectivity index (χ0v) is 12.9. The number of benzene rings is 1. The van der Waals surface area contributed by atoms with Crippen LogP contribution >= 0.6 is 0 Å². The van der Waals surface area contributed by atoms with Gasteiger partial charge in [-0.15, -0.1) is 0 Å². The molecule has 0 saturated heterocycles. The van der Waals surface area contributed by atoms with Crippen molar-refractivity contribution >= 4 is 11.9 Å². The third-order valence-electron chi connectivity index (χ3n) is 2.97. The summed E-state index contributed by atoms with van der Waals surface area (Å²) in [6, 6.07) is 9.69. The van der Waals surface area contributed by atoms with Crippen LogP contribution in [0, 0.1) is 0 Å². The number of ether oxygens (including phenoxy) is 1. The van der Waals surface area contributed by atoms with E-state index in [4.69, 9.17) is 4.74 Å². The van der Waals surface area contributed by atoms with Gasteiger partial charge in [-0.2, -0.15) is 4.98 Å². The van der Waals surface area contributed by atoms with Gasteiger partial charge in [0.2, 0.25) is 5.88 Å². The normalized spacial score (nSPS) is 11.1. The molecule has 0 bridgehead atoms. The van der Waals surface area contributed by atoms with E-state index in [1.165, 1.54) is 0 Å². The third-order valence-corrected chi connectivity index (χ3v) is 2.97. The molecule has 0 amide bonds. The first kappa shape index (κ1) is 15.0. The van der Waals surface area contributed by atoms with Crippen LogP contribution in [0.15, 0.2) is 36.4 Å². The first-order valence-corrected chi connectivity index (χ1v) is 7.10. The molecule has 0 radical (unpaired) electrons. The van der Waals surface area contributed by atoms with E-state index >= 15 is 0 Å². The topological polar surface area (TPSA) is 47.0 Å². The van der Waals surface area contributed by atoms with Crippen LogP contribution in [-0.2, 0) is 0 Å². The summed E-state index contributed by atoms with van der Waals surface area (Å²) < 4.78 is 5.95. The van der Waals surface area contributed by atoms with Crippen molar-refractivity contribution in [2.75, 3.05) is 12.4 Å². The summed E-state index contributed by atoms with van der Waals surface area (Å²) in [6.07, 6.45) is 4.00. The van der Waals surface area contributed by atoms with E-state index in [2.05, 4.69) is 29.1 Å². The van der Waals surface area contributed by atoms with E-state index in [1.54, 1.807) is 6.07 Å². The van der Waals surface area contributed by atoms with Crippen LogP contribution in [0.25, 0.3) is 6.08 Å². The Hall–Kier alpha value is -2.36. The van der Waals surface area contributed by atoms with Crippen LogP contribution in [0.3, 0.4) is 0 Å². The zero-order valence-electron chi connectivity index (χ0n) is 12.9. The van der Waals surface area contributed by atoms with Crippen molar-refractivity contribution in [2.45, 2.75) is 26.7 Å². The van der Waals surface area contributed by atoms with Gasteiger partial charge in [0, 0.05) is 24.6 Å². The quantitative estimate of drug-likeness (QED) is 0.879. The van der Waals surface area contributed by atoms with Gasteiger partial charge in [0.05, 0.1) is 0 Å². The highest BCUT2D eigenvalue weighted by Gasteiger charge is 2.10. The molecule has 0 aliphatic heterocycles. The van der Waals surface area contributed by atoms with Crippen LogP contribution in [0.4, 0.5) is 5.82 Å². The Morgan fingerprint density at radius 1 is 1.19 bits per heavy atom. The number of rotatable bonds is 5. The second kappa shape index (κ2) is 6.88. The van der Waals surface area contributed by atoms with Crippen molar-refractivity contribution in [1.82, 2.24) is 9.97 Å². The summed E-state index contributed by atoms with van der Waals surface area (Å²) >= 11 is 0. The van der Waals surface area contributed by atoms with Gasteiger partial charge in [-0.3, -0.25) is 0 Å². The number of nitrogens with one attached hydrogen (secondary N) is 1. The number of nitrogens with zero attached hydrogens (tertiary/aromatic N) is 2. The monoisotopic (exact) mass is 283 g/mol. The summed E-state index contributed by atoms with van der Waals surface area (Å²) in [5.74, 6) is 3.10. The Morgan fingerprint density at radius 2 is 1.95 bits per heavy atom. The molecule has 110 valence electrons. The van der Waals surface area contributed by atoms with Gasteiger partial charge in [-0.25, -0.2) is 4.98 Å². The van der Waals surface area contributed by atoms with Crippen LogP contribution in [-0.4, -0.2) is 17.0 Å². The molecule has 1 aromatic heterocycles. The highest BCUT2D eigenvalue weighted by molar-refractivity contribution is 5.57. The minimum Gasteiger partial charge on any atom is -0.438 e. The fourth-order valence-electron chi connectivity index (χ4n) is 1.88. The fourth-order valence-corrected chi connectivity index (χ4v) is 1.88. The zero-order chi connectivity index (χ0) is 15.2. The van der Waals surface area contributed by atoms with Gasteiger partial charge in [0.1, 0.15) is 17.4 Å². The summed E-state index contributed by atoms with van der Waals surface area (Å²) in [5, 5.41) is 3.04. The van der Waals surface area contributed by atoms with Crippen LogP contribution in [0.1, 0.15) is 38.1 Å². The predicted octanol–water partition coefficient (Wildman–Crippen LogP) is 4.47. The maximum Gasteiger partial charge on any atom is 0.224 e. The largest absolute Gasteiger partial charge is 0.438 e. The Balaban J connectivity index is 2.37. The van der Waals surface area contributed by atoms with E-state index in [-0.39, 0.29) is 5.92 Å². The highest BCUT2D eigenvalue weighted by atomic mass is 16.5. The molecule has 21 heavy (non-hydrogen) atoms. The molecule has 0 atom stereocenters. The van der Waals surface area contributed by atoms with Gasteiger partial charge in [0.15, 0.2) is 0 Å². The van der Waals surface area contributed by atoms with Crippen molar-refractivity contribution in [3.63, 3.8) is 0 Å². The number of para-hydroxylation sites is 1. The lowest BCUT2D eigenvalue weighted by Crippen LogP contribution is -2.03. The number of anilines is 1. The average Bonchev–Trinajstić information content (AvgIpc) is 2.49. The third kappa shape index (κ3) is 3.81. The predicted molar refractivity (Wildman–Crippen MR) is 86.9 cm³/mol. The molecule has 0 spiro atoms. The van der Waals surface area contributed by atoms with E-state index < -0.39 is 0 Å². The van der Waals surface area contributed by atoms with Gasteiger partial charge in [-0.05, 0) is 13.0 Å². The van der Waals surface area contributed by atoms with Gasteiger partial charge < -0.3 is 10.1 Å². The molecule has 4 nitrogen and oxygen atoms in total. The van der Waals surface area contributed by atoms with Crippen LogP contribution < -0.4 is 10.1 Å². The minimum atomic E-state index is 0.242. The molecule has 0 saturated carbocycles. The lowest BCUT2D eigenvalue weighted by Gasteiger charge is -2.12. The highest BCUT2D eigenvalue weighted by Crippen LogP contribution is 2.27. The van der Waals surface area contributed by atoms with Crippen molar-refractivity contribution in [3.05, 3.63) is 47.8 Å². The fraction of sp³-hybridized carbons (Fsp3) is 0.294. The lowest BCUT2D eigenvalue weighted by molar-refractivity contribution is 0.456. The molecule has 1 aromatic carbocycles. The SMILES string of the molecule is C/C=C/c1ccccc1Oc1cc(NC)nc(C(C)C)n1. The summed E-state index contributed by atoms with van der Waals surface area (Å²) in [7, 11) is 1.84. The molecule has 2 aromatic rings. The van der Waals surface area contributed by atoms with E-state index in [0.717, 1.165) is 23.0 Å². The first-order valence-electron chi connectivity index (χ1n) is 7.10. The average molecular weight is 283 g/mol. The van der Waals surface area contributed by atoms with Crippen molar-refractivity contribution < 1.29 is 4.74 Å².